The molecule has 1 aliphatic carbocycles. The number of methoxy groups -OCH3 is 1. The van der Waals surface area contributed by atoms with Crippen molar-refractivity contribution >= 4 is 5.97 Å². The predicted octanol–water partition coefficient (Wildman–Crippen LogP) is 1.16. The first-order valence-electron chi connectivity index (χ1n) is 7.15. The van der Waals surface area contributed by atoms with Crippen LogP contribution in [0.3, 0.4) is 0 Å². The molecule has 0 heterocycles. The summed E-state index contributed by atoms with van der Waals surface area (Å²) in [6.45, 7) is 8.10. The summed E-state index contributed by atoms with van der Waals surface area (Å²) in [6.07, 6.45) is 2.32. The Hall–Kier alpha value is -0.650. The molecule has 2 N–H and O–H groups in total. The summed E-state index contributed by atoms with van der Waals surface area (Å²) in [5, 5.41) is 0. The zero-order valence-corrected chi connectivity index (χ0v) is 12.6. The average Bonchev–Trinajstić information content (AvgIpc) is 2.74. The van der Waals surface area contributed by atoms with Crippen LogP contribution in [0.15, 0.2) is 0 Å². The summed E-state index contributed by atoms with van der Waals surface area (Å²) >= 11 is 0. The monoisotopic (exact) mass is 272 g/mol. The van der Waals surface area contributed by atoms with E-state index in [0.717, 1.165) is 13.0 Å². The number of rotatable bonds is 7. The minimum absolute atomic E-state index is 0.257. The summed E-state index contributed by atoms with van der Waals surface area (Å²) < 4.78 is 10.2. The van der Waals surface area contributed by atoms with E-state index in [0.29, 0.717) is 38.1 Å². The molecule has 0 bridgehead atoms. The smallest absolute Gasteiger partial charge is 0.326 e. The maximum Gasteiger partial charge on any atom is 0.326 e. The molecule has 1 aliphatic rings. The molecule has 1 rings (SSSR count). The van der Waals surface area contributed by atoms with Gasteiger partial charge in [-0.3, -0.25) is 9.69 Å². The Balaban J connectivity index is 2.64. The lowest BCUT2D eigenvalue weighted by molar-refractivity contribution is -0.149. The van der Waals surface area contributed by atoms with Crippen LogP contribution >= 0.6 is 0 Å². The van der Waals surface area contributed by atoms with E-state index in [2.05, 4.69) is 18.7 Å². The van der Waals surface area contributed by atoms with Gasteiger partial charge in [-0.2, -0.15) is 0 Å². The number of ether oxygens (including phenoxy) is 2. The first kappa shape index (κ1) is 16.4. The number of esters is 1. The van der Waals surface area contributed by atoms with Crippen molar-refractivity contribution in [2.75, 3.05) is 26.9 Å². The molecule has 19 heavy (non-hydrogen) atoms. The SMILES string of the molecule is CCOC(=O)C1(N)CCC(N(CCOC)C(C)C)C1. The minimum atomic E-state index is -0.805. The summed E-state index contributed by atoms with van der Waals surface area (Å²) in [5.74, 6) is -0.257. The molecular formula is C14H28N2O3. The maximum atomic E-state index is 11.9. The van der Waals surface area contributed by atoms with Crippen LogP contribution in [-0.2, 0) is 14.3 Å². The molecule has 1 fully saturated rings. The number of hydrogen-bond acceptors (Lipinski definition) is 5. The van der Waals surface area contributed by atoms with Gasteiger partial charge in [0, 0.05) is 25.7 Å². The van der Waals surface area contributed by atoms with Crippen LogP contribution < -0.4 is 5.73 Å². The zero-order chi connectivity index (χ0) is 14.5. The standard InChI is InChI=1S/C14H28N2O3/c1-5-19-13(17)14(15)7-6-12(10-14)16(11(2)3)8-9-18-4/h11-12H,5-10,15H2,1-4H3. The van der Waals surface area contributed by atoms with Crippen molar-refractivity contribution in [1.82, 2.24) is 4.90 Å². The van der Waals surface area contributed by atoms with Gasteiger partial charge in [-0.05, 0) is 40.0 Å². The largest absolute Gasteiger partial charge is 0.465 e. The Bertz CT molecular complexity index is 296. The lowest BCUT2D eigenvalue weighted by atomic mass is 9.99. The van der Waals surface area contributed by atoms with E-state index in [9.17, 15) is 4.79 Å². The van der Waals surface area contributed by atoms with E-state index < -0.39 is 5.54 Å². The van der Waals surface area contributed by atoms with Gasteiger partial charge in [0.15, 0.2) is 0 Å². The van der Waals surface area contributed by atoms with Crippen molar-refractivity contribution in [3.05, 3.63) is 0 Å². The predicted molar refractivity (Wildman–Crippen MR) is 74.9 cm³/mol. The minimum Gasteiger partial charge on any atom is -0.465 e. The second kappa shape index (κ2) is 7.22. The van der Waals surface area contributed by atoms with Gasteiger partial charge in [-0.25, -0.2) is 0 Å². The molecule has 0 aromatic carbocycles. The molecule has 0 saturated heterocycles. The fourth-order valence-corrected chi connectivity index (χ4v) is 2.85. The Morgan fingerprint density at radius 3 is 2.74 bits per heavy atom. The lowest BCUT2D eigenvalue weighted by Crippen LogP contribution is -2.49. The van der Waals surface area contributed by atoms with E-state index in [1.165, 1.54) is 0 Å². The topological polar surface area (TPSA) is 64.8 Å². The van der Waals surface area contributed by atoms with E-state index in [4.69, 9.17) is 15.2 Å². The summed E-state index contributed by atoms with van der Waals surface area (Å²) in [4.78, 5) is 14.3. The van der Waals surface area contributed by atoms with Crippen molar-refractivity contribution in [2.45, 2.75) is 57.7 Å². The Kier molecular flexibility index (Phi) is 6.23. The molecular weight excluding hydrogens is 244 g/mol. The zero-order valence-electron chi connectivity index (χ0n) is 12.6. The molecule has 2 atom stereocenters. The first-order chi connectivity index (χ1) is 8.94. The van der Waals surface area contributed by atoms with Crippen LogP contribution in [0, 0.1) is 0 Å². The number of nitrogens with two attached hydrogens (primary N) is 1. The molecule has 0 radical (unpaired) electrons. The van der Waals surface area contributed by atoms with Crippen molar-refractivity contribution in [3.63, 3.8) is 0 Å². The molecule has 5 nitrogen and oxygen atoms in total. The summed E-state index contributed by atoms with van der Waals surface area (Å²) in [6, 6.07) is 0.759. The molecule has 0 aliphatic heterocycles. The molecule has 0 aromatic heterocycles. The van der Waals surface area contributed by atoms with Gasteiger partial charge in [-0.1, -0.05) is 0 Å². The van der Waals surface area contributed by atoms with Crippen LogP contribution in [-0.4, -0.2) is 55.4 Å². The highest BCUT2D eigenvalue weighted by atomic mass is 16.5. The molecule has 0 spiro atoms. The van der Waals surface area contributed by atoms with Gasteiger partial charge in [0.05, 0.1) is 13.2 Å². The third kappa shape index (κ3) is 4.16. The molecule has 5 heteroatoms. The van der Waals surface area contributed by atoms with Gasteiger partial charge in [0.1, 0.15) is 5.54 Å². The molecule has 1 saturated carbocycles. The van der Waals surface area contributed by atoms with E-state index in [-0.39, 0.29) is 5.97 Å². The number of hydrogen-bond donors (Lipinski definition) is 1. The van der Waals surface area contributed by atoms with E-state index in [1.807, 2.05) is 6.92 Å². The fraction of sp³-hybridized carbons (Fsp3) is 0.929. The molecule has 0 amide bonds. The Morgan fingerprint density at radius 1 is 1.53 bits per heavy atom. The van der Waals surface area contributed by atoms with Gasteiger partial charge in [0.2, 0.25) is 0 Å². The Labute approximate surface area is 116 Å². The highest BCUT2D eigenvalue weighted by Crippen LogP contribution is 2.33. The van der Waals surface area contributed by atoms with Crippen LogP contribution in [0.5, 0.6) is 0 Å². The maximum absolute atomic E-state index is 11.9. The lowest BCUT2D eigenvalue weighted by Gasteiger charge is -2.33. The Morgan fingerprint density at radius 2 is 2.21 bits per heavy atom. The molecule has 0 aromatic rings. The van der Waals surface area contributed by atoms with E-state index >= 15 is 0 Å². The summed E-state index contributed by atoms with van der Waals surface area (Å²) in [7, 11) is 1.71. The van der Waals surface area contributed by atoms with Crippen LogP contribution in [0.25, 0.3) is 0 Å². The van der Waals surface area contributed by atoms with Crippen molar-refractivity contribution in [2.24, 2.45) is 5.73 Å². The highest BCUT2D eigenvalue weighted by molar-refractivity contribution is 5.81. The van der Waals surface area contributed by atoms with E-state index in [1.54, 1.807) is 7.11 Å². The number of carbonyl (C=O) groups excluding carboxylic acids is 1. The van der Waals surface area contributed by atoms with Gasteiger partial charge in [-0.15, -0.1) is 0 Å². The van der Waals surface area contributed by atoms with Gasteiger partial charge >= 0.3 is 5.97 Å². The van der Waals surface area contributed by atoms with Gasteiger partial charge in [0.25, 0.3) is 0 Å². The van der Waals surface area contributed by atoms with Crippen molar-refractivity contribution in [1.29, 1.82) is 0 Å². The highest BCUT2D eigenvalue weighted by Gasteiger charge is 2.45. The number of carbonyl (C=O) groups is 1. The van der Waals surface area contributed by atoms with Crippen LogP contribution in [0.2, 0.25) is 0 Å². The van der Waals surface area contributed by atoms with Crippen LogP contribution in [0.1, 0.15) is 40.0 Å². The van der Waals surface area contributed by atoms with Crippen LogP contribution in [0.4, 0.5) is 0 Å². The average molecular weight is 272 g/mol. The second-order valence-electron chi connectivity index (χ2n) is 5.60. The second-order valence-corrected chi connectivity index (χ2v) is 5.60. The normalized spacial score (nSPS) is 27.2. The molecule has 112 valence electrons. The quantitative estimate of drug-likeness (QED) is 0.704. The summed E-state index contributed by atoms with van der Waals surface area (Å²) in [5.41, 5.74) is 5.41. The molecule has 2 unspecified atom stereocenters. The third-order valence-corrected chi connectivity index (χ3v) is 3.89. The number of nitrogens with zero attached hydrogens (tertiary/aromatic N) is 1. The van der Waals surface area contributed by atoms with Crippen molar-refractivity contribution < 1.29 is 14.3 Å². The third-order valence-electron chi connectivity index (χ3n) is 3.89. The fourth-order valence-electron chi connectivity index (χ4n) is 2.85. The van der Waals surface area contributed by atoms with Crippen molar-refractivity contribution in [3.8, 4) is 0 Å². The first-order valence-corrected chi connectivity index (χ1v) is 7.15. The van der Waals surface area contributed by atoms with Gasteiger partial charge < -0.3 is 15.2 Å².